The van der Waals surface area contributed by atoms with Crippen LogP contribution in [0.4, 0.5) is 0 Å². The number of rotatable bonds is 6. The molecule has 0 radical (unpaired) electrons. The Balaban J connectivity index is 1.90. The number of hydrogen-bond acceptors (Lipinski definition) is 4. The Morgan fingerprint density at radius 1 is 1.24 bits per heavy atom. The molecular formula is C17H28N2O2. The summed E-state index contributed by atoms with van der Waals surface area (Å²) in [7, 11) is 5.59. The van der Waals surface area contributed by atoms with Gasteiger partial charge in [0.15, 0.2) is 0 Å². The van der Waals surface area contributed by atoms with E-state index in [-0.39, 0.29) is 0 Å². The van der Waals surface area contributed by atoms with E-state index in [0.717, 1.165) is 24.0 Å². The van der Waals surface area contributed by atoms with Crippen LogP contribution in [0.5, 0.6) is 11.5 Å². The molecule has 1 unspecified atom stereocenters. The van der Waals surface area contributed by atoms with E-state index in [0.29, 0.717) is 6.04 Å². The summed E-state index contributed by atoms with van der Waals surface area (Å²) in [5.41, 5.74) is 1.18. The van der Waals surface area contributed by atoms with Crippen LogP contribution >= 0.6 is 0 Å². The molecule has 1 heterocycles. The maximum atomic E-state index is 5.45. The molecule has 21 heavy (non-hydrogen) atoms. The highest BCUT2D eigenvalue weighted by Crippen LogP contribution is 2.25. The number of nitrogens with one attached hydrogen (secondary N) is 1. The Hall–Kier alpha value is -1.26. The number of benzene rings is 1. The van der Waals surface area contributed by atoms with Crippen molar-refractivity contribution < 1.29 is 9.47 Å². The van der Waals surface area contributed by atoms with E-state index in [1.54, 1.807) is 14.2 Å². The molecule has 1 aliphatic heterocycles. The van der Waals surface area contributed by atoms with Gasteiger partial charge in [-0.2, -0.15) is 0 Å². The quantitative estimate of drug-likeness (QED) is 0.873. The third kappa shape index (κ3) is 4.35. The fourth-order valence-electron chi connectivity index (χ4n) is 2.96. The lowest BCUT2D eigenvalue weighted by atomic mass is 9.90. The molecule has 1 saturated heterocycles. The minimum Gasteiger partial charge on any atom is -0.497 e. The predicted molar refractivity (Wildman–Crippen MR) is 86.1 cm³/mol. The van der Waals surface area contributed by atoms with E-state index in [9.17, 15) is 0 Å². The zero-order valence-corrected chi connectivity index (χ0v) is 13.7. The Labute approximate surface area is 128 Å². The standard InChI is InChI=1S/C17H28N2O2/c1-13(14-7-9-19(2)10-8-14)18-12-15-5-6-16(20-3)11-17(15)21-4/h5-6,11,13-14,18H,7-10,12H2,1-4H3. The molecule has 1 fully saturated rings. The fourth-order valence-corrected chi connectivity index (χ4v) is 2.96. The lowest BCUT2D eigenvalue weighted by Crippen LogP contribution is -2.40. The number of methoxy groups -OCH3 is 2. The number of hydrogen-bond donors (Lipinski definition) is 1. The van der Waals surface area contributed by atoms with Crippen molar-refractivity contribution in [3.63, 3.8) is 0 Å². The van der Waals surface area contributed by atoms with Gasteiger partial charge in [-0.15, -0.1) is 0 Å². The van der Waals surface area contributed by atoms with Crippen molar-refractivity contribution in [2.45, 2.75) is 32.4 Å². The van der Waals surface area contributed by atoms with E-state index in [1.165, 1.54) is 31.5 Å². The molecule has 0 amide bonds. The average molecular weight is 292 g/mol. The number of ether oxygens (including phenoxy) is 2. The van der Waals surface area contributed by atoms with Crippen molar-refractivity contribution in [1.82, 2.24) is 10.2 Å². The summed E-state index contributed by atoms with van der Waals surface area (Å²) in [6, 6.07) is 6.54. The van der Waals surface area contributed by atoms with Crippen LogP contribution in [0.3, 0.4) is 0 Å². The number of piperidine rings is 1. The average Bonchev–Trinajstić information content (AvgIpc) is 2.53. The van der Waals surface area contributed by atoms with Crippen molar-refractivity contribution in [2.24, 2.45) is 5.92 Å². The normalized spacial score (nSPS) is 18.5. The smallest absolute Gasteiger partial charge is 0.127 e. The third-order valence-corrected chi connectivity index (χ3v) is 4.58. The molecule has 2 rings (SSSR count). The SMILES string of the molecule is COc1ccc(CNC(C)C2CCN(C)CC2)c(OC)c1. The Bertz CT molecular complexity index is 442. The molecule has 1 aliphatic rings. The highest BCUT2D eigenvalue weighted by atomic mass is 16.5. The highest BCUT2D eigenvalue weighted by molar-refractivity contribution is 5.40. The first-order valence-corrected chi connectivity index (χ1v) is 7.77. The van der Waals surface area contributed by atoms with Crippen molar-refractivity contribution in [1.29, 1.82) is 0 Å². The van der Waals surface area contributed by atoms with Gasteiger partial charge >= 0.3 is 0 Å². The van der Waals surface area contributed by atoms with Gasteiger partial charge in [0.1, 0.15) is 11.5 Å². The lowest BCUT2D eigenvalue weighted by molar-refractivity contribution is 0.189. The van der Waals surface area contributed by atoms with E-state index < -0.39 is 0 Å². The maximum absolute atomic E-state index is 5.45. The summed E-state index contributed by atoms with van der Waals surface area (Å²) in [5.74, 6) is 2.49. The van der Waals surface area contributed by atoms with E-state index in [1.807, 2.05) is 12.1 Å². The van der Waals surface area contributed by atoms with Gasteiger partial charge in [0, 0.05) is 24.2 Å². The minimum absolute atomic E-state index is 0.533. The molecule has 0 aliphatic carbocycles. The van der Waals surface area contributed by atoms with E-state index in [4.69, 9.17) is 9.47 Å². The molecule has 118 valence electrons. The predicted octanol–water partition coefficient (Wildman–Crippen LogP) is 2.52. The second kappa shape index (κ2) is 7.66. The molecule has 1 N–H and O–H groups in total. The summed E-state index contributed by atoms with van der Waals surface area (Å²) < 4.78 is 10.7. The molecule has 4 heteroatoms. The monoisotopic (exact) mass is 292 g/mol. The molecule has 0 spiro atoms. The first-order valence-electron chi connectivity index (χ1n) is 7.77. The fraction of sp³-hybridized carbons (Fsp3) is 0.647. The van der Waals surface area contributed by atoms with Gasteiger partial charge in [-0.05, 0) is 51.9 Å². The van der Waals surface area contributed by atoms with Crippen LogP contribution in [0.2, 0.25) is 0 Å². The second-order valence-corrected chi connectivity index (χ2v) is 5.99. The number of nitrogens with zero attached hydrogens (tertiary/aromatic N) is 1. The van der Waals surface area contributed by atoms with Gasteiger partial charge in [0.25, 0.3) is 0 Å². The molecule has 0 saturated carbocycles. The first-order chi connectivity index (χ1) is 10.1. The van der Waals surface area contributed by atoms with Gasteiger partial charge in [-0.3, -0.25) is 0 Å². The van der Waals surface area contributed by atoms with Crippen LogP contribution < -0.4 is 14.8 Å². The Morgan fingerprint density at radius 2 is 1.95 bits per heavy atom. The summed E-state index contributed by atoms with van der Waals surface area (Å²) in [4.78, 5) is 2.41. The molecule has 0 aromatic heterocycles. The summed E-state index contributed by atoms with van der Waals surface area (Å²) in [5, 5.41) is 3.66. The van der Waals surface area contributed by atoms with Crippen LogP contribution in [0, 0.1) is 5.92 Å². The molecule has 1 aromatic carbocycles. The summed E-state index contributed by atoms with van der Waals surface area (Å²) in [6.07, 6.45) is 2.56. The van der Waals surface area contributed by atoms with Gasteiger partial charge < -0.3 is 19.7 Å². The summed E-state index contributed by atoms with van der Waals surface area (Å²) >= 11 is 0. The van der Waals surface area contributed by atoms with Crippen LogP contribution in [0.25, 0.3) is 0 Å². The summed E-state index contributed by atoms with van der Waals surface area (Å²) in [6.45, 7) is 5.55. The van der Waals surface area contributed by atoms with Gasteiger partial charge in [0.05, 0.1) is 14.2 Å². The highest BCUT2D eigenvalue weighted by Gasteiger charge is 2.22. The first kappa shape index (κ1) is 16.1. The molecule has 1 aromatic rings. The lowest BCUT2D eigenvalue weighted by Gasteiger charge is -2.33. The zero-order chi connectivity index (χ0) is 15.2. The van der Waals surface area contributed by atoms with Crippen LogP contribution in [-0.4, -0.2) is 45.3 Å². The van der Waals surface area contributed by atoms with Crippen molar-refractivity contribution >= 4 is 0 Å². The van der Waals surface area contributed by atoms with E-state index >= 15 is 0 Å². The van der Waals surface area contributed by atoms with Gasteiger partial charge in [-0.1, -0.05) is 6.07 Å². The molecule has 4 nitrogen and oxygen atoms in total. The zero-order valence-electron chi connectivity index (χ0n) is 13.7. The largest absolute Gasteiger partial charge is 0.497 e. The molecular weight excluding hydrogens is 264 g/mol. The van der Waals surface area contributed by atoms with Gasteiger partial charge in [0.2, 0.25) is 0 Å². The van der Waals surface area contributed by atoms with Crippen molar-refractivity contribution in [2.75, 3.05) is 34.4 Å². The molecule has 0 bridgehead atoms. The second-order valence-electron chi connectivity index (χ2n) is 5.99. The van der Waals surface area contributed by atoms with Crippen LogP contribution in [-0.2, 0) is 6.54 Å². The third-order valence-electron chi connectivity index (χ3n) is 4.58. The van der Waals surface area contributed by atoms with E-state index in [2.05, 4.69) is 30.3 Å². The number of likely N-dealkylation sites (tertiary alicyclic amines) is 1. The van der Waals surface area contributed by atoms with Crippen LogP contribution in [0.1, 0.15) is 25.3 Å². The Kier molecular flexibility index (Phi) is 5.88. The topological polar surface area (TPSA) is 33.7 Å². The molecule has 1 atom stereocenters. The maximum Gasteiger partial charge on any atom is 0.127 e. The minimum atomic E-state index is 0.533. The van der Waals surface area contributed by atoms with Crippen molar-refractivity contribution in [3.8, 4) is 11.5 Å². The van der Waals surface area contributed by atoms with Crippen LogP contribution in [0.15, 0.2) is 18.2 Å². The van der Waals surface area contributed by atoms with Crippen molar-refractivity contribution in [3.05, 3.63) is 23.8 Å². The Morgan fingerprint density at radius 3 is 2.57 bits per heavy atom. The van der Waals surface area contributed by atoms with Gasteiger partial charge in [-0.25, -0.2) is 0 Å².